The predicted octanol–water partition coefficient (Wildman–Crippen LogP) is 5.86. The van der Waals surface area contributed by atoms with Crippen molar-refractivity contribution < 1.29 is 28.5 Å². The molecule has 11 heteroatoms. The molecule has 2 aliphatic rings. The largest absolute Gasteiger partial charge is 0.478 e. The average molecular weight is 609 g/mol. The predicted molar refractivity (Wildman–Crippen MR) is 159 cm³/mol. The van der Waals surface area contributed by atoms with Crippen LogP contribution in [0.3, 0.4) is 0 Å². The molecule has 9 nitrogen and oxygen atoms in total. The zero-order valence-corrected chi connectivity index (χ0v) is 24.7. The lowest BCUT2D eigenvalue weighted by atomic mass is 9.92. The smallest absolute Gasteiger partial charge is 0.335 e. The summed E-state index contributed by atoms with van der Waals surface area (Å²) < 4.78 is 33.6. The molecule has 43 heavy (non-hydrogen) atoms. The molecule has 4 aromatic rings. The van der Waals surface area contributed by atoms with E-state index >= 15 is 0 Å². The average Bonchev–Trinajstić information content (AvgIpc) is 3.34. The topological polar surface area (TPSA) is 98.9 Å². The third kappa shape index (κ3) is 6.52. The summed E-state index contributed by atoms with van der Waals surface area (Å²) in [5, 5.41) is 9.95. The van der Waals surface area contributed by atoms with Crippen molar-refractivity contribution in [3.63, 3.8) is 0 Å². The number of fused-ring (bicyclic) bond motifs is 1. The first-order valence-electron chi connectivity index (χ1n) is 14.5. The number of halogens is 2. The van der Waals surface area contributed by atoms with Gasteiger partial charge in [-0.05, 0) is 68.8 Å². The van der Waals surface area contributed by atoms with Gasteiger partial charge < -0.3 is 23.9 Å². The fourth-order valence-electron chi connectivity index (χ4n) is 5.89. The quantitative estimate of drug-likeness (QED) is 0.226. The summed E-state index contributed by atoms with van der Waals surface area (Å²) in [5.74, 6) is 0.190. The first-order chi connectivity index (χ1) is 20.9. The second kappa shape index (κ2) is 13.0. The number of nitrogens with zero attached hydrogens (tertiary/aromatic N) is 4. The van der Waals surface area contributed by atoms with Gasteiger partial charge in [-0.15, -0.1) is 0 Å². The zero-order valence-electron chi connectivity index (χ0n) is 23.9. The van der Waals surface area contributed by atoms with Gasteiger partial charge in [0.25, 0.3) is 0 Å². The van der Waals surface area contributed by atoms with Crippen molar-refractivity contribution in [3.05, 3.63) is 88.1 Å². The minimum Gasteiger partial charge on any atom is -0.478 e. The van der Waals surface area contributed by atoms with Gasteiger partial charge >= 0.3 is 5.97 Å². The number of likely N-dealkylation sites (tertiary alicyclic amines) is 1. The van der Waals surface area contributed by atoms with Gasteiger partial charge in [0.05, 0.1) is 41.9 Å². The summed E-state index contributed by atoms with van der Waals surface area (Å²) >= 11 is 5.86. The lowest BCUT2D eigenvalue weighted by molar-refractivity contribution is -0.0598. The number of aromatic nitrogens is 3. The van der Waals surface area contributed by atoms with E-state index in [-0.39, 0.29) is 30.2 Å². The van der Waals surface area contributed by atoms with Gasteiger partial charge in [0.1, 0.15) is 18.2 Å². The molecule has 2 aromatic carbocycles. The summed E-state index contributed by atoms with van der Waals surface area (Å²) in [5.41, 5.74) is 3.15. The number of pyridine rings is 1. The highest BCUT2D eigenvalue weighted by molar-refractivity contribution is 6.30. The van der Waals surface area contributed by atoms with Gasteiger partial charge in [-0.3, -0.25) is 4.90 Å². The van der Waals surface area contributed by atoms with Crippen molar-refractivity contribution in [1.29, 1.82) is 0 Å². The summed E-state index contributed by atoms with van der Waals surface area (Å²) in [6, 6.07) is 15.2. The molecular formula is C32H34ClFN4O5. The Morgan fingerprint density at radius 1 is 1.14 bits per heavy atom. The molecule has 0 spiro atoms. The van der Waals surface area contributed by atoms with Gasteiger partial charge in [0.15, 0.2) is 0 Å². The Morgan fingerprint density at radius 2 is 1.95 bits per heavy atom. The monoisotopic (exact) mass is 608 g/mol. The molecule has 6 rings (SSSR count). The first-order valence-corrected chi connectivity index (χ1v) is 14.9. The number of hydrogen-bond donors (Lipinski definition) is 1. The minimum atomic E-state index is -0.966. The highest BCUT2D eigenvalue weighted by atomic mass is 35.5. The highest BCUT2D eigenvalue weighted by Crippen LogP contribution is 2.34. The van der Waals surface area contributed by atoms with Crippen LogP contribution in [0.2, 0.25) is 5.02 Å². The number of carboxylic acid groups (broad SMARTS) is 1. The van der Waals surface area contributed by atoms with Crippen LogP contribution in [0.25, 0.3) is 11.0 Å². The maximum absolute atomic E-state index is 14.2. The normalized spacial score (nSPS) is 18.4. The molecule has 1 unspecified atom stereocenters. The van der Waals surface area contributed by atoms with E-state index in [1.54, 1.807) is 43.5 Å². The standard InChI is InChI=1S/C32H34ClFN4O5/c1-41-19-29(31-36-27-8-6-21(32(39)40)15-28(27)38(31)17-24-11-14-42-24)37-12-9-20(10-13-37)26-3-2-4-30(35-26)43-18-22-5-7-23(33)16-25(22)34/h2-8,15-16,20,24,29H,9-14,17-19H2,1H3,(H,39,40)/t24-,29?/m0/s1. The van der Waals surface area contributed by atoms with E-state index in [4.69, 9.17) is 35.8 Å². The third-order valence-electron chi connectivity index (χ3n) is 8.35. The maximum atomic E-state index is 14.2. The van der Waals surface area contributed by atoms with Crippen LogP contribution in [0.15, 0.2) is 54.6 Å². The van der Waals surface area contributed by atoms with Crippen LogP contribution in [0.1, 0.15) is 58.7 Å². The number of rotatable bonds is 11. The van der Waals surface area contributed by atoms with E-state index in [1.165, 1.54) is 6.07 Å². The Balaban J connectivity index is 1.18. The van der Waals surface area contributed by atoms with Crippen LogP contribution in [0.5, 0.6) is 5.88 Å². The number of carbonyl (C=O) groups is 1. The molecular weight excluding hydrogens is 575 g/mol. The summed E-state index contributed by atoms with van der Waals surface area (Å²) in [6.45, 7) is 3.49. The van der Waals surface area contributed by atoms with Crippen LogP contribution in [-0.2, 0) is 22.6 Å². The fourth-order valence-corrected chi connectivity index (χ4v) is 6.05. The minimum absolute atomic E-state index is 0.0669. The Morgan fingerprint density at radius 3 is 2.65 bits per heavy atom. The second-order valence-electron chi connectivity index (χ2n) is 11.1. The number of ether oxygens (including phenoxy) is 3. The van der Waals surface area contributed by atoms with Gasteiger partial charge in [0.2, 0.25) is 5.88 Å². The number of piperidine rings is 1. The Bertz CT molecular complexity index is 1600. The van der Waals surface area contributed by atoms with Crippen molar-refractivity contribution in [1.82, 2.24) is 19.4 Å². The van der Waals surface area contributed by atoms with Gasteiger partial charge in [-0.1, -0.05) is 23.7 Å². The summed E-state index contributed by atoms with van der Waals surface area (Å²) in [6.07, 6.45) is 2.81. The number of imidazole rings is 1. The van der Waals surface area contributed by atoms with Crippen molar-refractivity contribution >= 4 is 28.6 Å². The van der Waals surface area contributed by atoms with Gasteiger partial charge in [-0.2, -0.15) is 0 Å². The van der Waals surface area contributed by atoms with Crippen LogP contribution in [-0.4, -0.2) is 70.0 Å². The Hall–Kier alpha value is -3.57. The van der Waals surface area contributed by atoms with Crippen LogP contribution in [0, 0.1) is 5.82 Å². The second-order valence-corrected chi connectivity index (χ2v) is 11.5. The number of aromatic carboxylic acids is 1. The number of methoxy groups -OCH3 is 1. The Kier molecular flexibility index (Phi) is 8.90. The van der Waals surface area contributed by atoms with Crippen molar-refractivity contribution in [2.45, 2.75) is 50.5 Å². The van der Waals surface area contributed by atoms with E-state index in [0.29, 0.717) is 29.6 Å². The Labute approximate surface area is 254 Å². The fraction of sp³-hybridized carbons (Fsp3) is 0.406. The SMILES string of the molecule is COCC(c1nc2ccc(C(=O)O)cc2n1C[C@@H]1CCO1)N1CCC(c2cccc(OCc3ccc(Cl)cc3F)n2)CC1. The van der Waals surface area contributed by atoms with Crippen molar-refractivity contribution in [3.8, 4) is 5.88 Å². The van der Waals surface area contributed by atoms with E-state index in [2.05, 4.69) is 9.47 Å². The molecule has 2 saturated heterocycles. The molecule has 1 N–H and O–H groups in total. The van der Waals surface area contributed by atoms with Crippen molar-refractivity contribution in [2.24, 2.45) is 0 Å². The van der Waals surface area contributed by atoms with Crippen LogP contribution < -0.4 is 4.74 Å². The molecule has 2 atom stereocenters. The lowest BCUT2D eigenvalue weighted by Gasteiger charge is -2.37. The molecule has 0 bridgehead atoms. The van der Waals surface area contributed by atoms with Crippen LogP contribution >= 0.6 is 11.6 Å². The summed E-state index contributed by atoms with van der Waals surface area (Å²) in [7, 11) is 1.69. The van der Waals surface area contributed by atoms with Gasteiger partial charge in [-0.25, -0.2) is 19.2 Å². The highest BCUT2D eigenvalue weighted by Gasteiger charge is 2.32. The van der Waals surface area contributed by atoms with Crippen molar-refractivity contribution in [2.75, 3.05) is 33.4 Å². The zero-order chi connectivity index (χ0) is 29.9. The maximum Gasteiger partial charge on any atom is 0.335 e. The van der Waals surface area contributed by atoms with E-state index < -0.39 is 11.8 Å². The molecule has 2 aliphatic heterocycles. The third-order valence-corrected chi connectivity index (χ3v) is 8.59. The lowest BCUT2D eigenvalue weighted by Crippen LogP contribution is -2.40. The molecule has 4 heterocycles. The van der Waals surface area contributed by atoms with E-state index in [9.17, 15) is 14.3 Å². The number of carboxylic acids is 1. The number of hydrogen-bond acceptors (Lipinski definition) is 7. The molecule has 0 saturated carbocycles. The first kappa shape index (κ1) is 29.5. The molecule has 226 valence electrons. The molecule has 0 radical (unpaired) electrons. The molecule has 0 aliphatic carbocycles. The van der Waals surface area contributed by atoms with E-state index in [0.717, 1.165) is 61.5 Å². The van der Waals surface area contributed by atoms with E-state index in [1.807, 2.05) is 12.1 Å². The molecule has 0 amide bonds. The van der Waals surface area contributed by atoms with Gasteiger partial charge in [0, 0.05) is 42.0 Å². The summed E-state index contributed by atoms with van der Waals surface area (Å²) in [4.78, 5) is 23.8. The number of benzene rings is 2. The molecule has 2 aromatic heterocycles. The molecule has 2 fully saturated rings. The van der Waals surface area contributed by atoms with Crippen LogP contribution in [0.4, 0.5) is 4.39 Å².